The van der Waals surface area contributed by atoms with E-state index in [9.17, 15) is 0 Å². The summed E-state index contributed by atoms with van der Waals surface area (Å²) in [6.45, 7) is 4.03. The van der Waals surface area contributed by atoms with E-state index in [1.54, 1.807) is 0 Å². The van der Waals surface area contributed by atoms with Gasteiger partial charge in [0.2, 0.25) is 0 Å². The predicted octanol–water partition coefficient (Wildman–Crippen LogP) is 4.49. The topological polar surface area (TPSA) is 67.6 Å². The van der Waals surface area contributed by atoms with Crippen LogP contribution < -0.4 is 5.73 Å². The van der Waals surface area contributed by atoms with E-state index < -0.39 is 0 Å². The molecule has 0 saturated heterocycles. The Morgan fingerprint density at radius 2 is 1.60 bits per heavy atom. The molecule has 25 heavy (non-hydrogen) atoms. The third kappa shape index (κ3) is 2.81. The summed E-state index contributed by atoms with van der Waals surface area (Å²) in [6, 6.07) is 16.7. The van der Waals surface area contributed by atoms with Crippen LogP contribution >= 0.6 is 0 Å². The summed E-state index contributed by atoms with van der Waals surface area (Å²) in [7, 11) is 0. The SMILES string of the molecule is CC(C)(N)c1ccc(-c2ccc3[nH]ncc3c2-c2ccncc2)cc1. The molecule has 0 aliphatic heterocycles. The lowest BCUT2D eigenvalue weighted by Crippen LogP contribution is -2.28. The normalized spacial score (nSPS) is 11.8. The number of pyridine rings is 1. The van der Waals surface area contributed by atoms with E-state index >= 15 is 0 Å². The molecule has 4 rings (SSSR count). The van der Waals surface area contributed by atoms with Gasteiger partial charge in [0.25, 0.3) is 0 Å². The van der Waals surface area contributed by atoms with Gasteiger partial charge in [0.15, 0.2) is 0 Å². The van der Waals surface area contributed by atoms with Gasteiger partial charge >= 0.3 is 0 Å². The van der Waals surface area contributed by atoms with E-state index in [0.29, 0.717) is 0 Å². The molecule has 4 aromatic rings. The van der Waals surface area contributed by atoms with Gasteiger partial charge < -0.3 is 5.73 Å². The van der Waals surface area contributed by atoms with Crippen LogP contribution in [0.5, 0.6) is 0 Å². The van der Waals surface area contributed by atoms with E-state index in [-0.39, 0.29) is 5.54 Å². The molecule has 4 nitrogen and oxygen atoms in total. The maximum Gasteiger partial charge on any atom is 0.0657 e. The number of benzene rings is 2. The third-order valence-corrected chi connectivity index (χ3v) is 4.53. The summed E-state index contributed by atoms with van der Waals surface area (Å²) in [4.78, 5) is 4.14. The van der Waals surface area contributed by atoms with Gasteiger partial charge in [0, 0.05) is 28.9 Å². The van der Waals surface area contributed by atoms with Crippen molar-refractivity contribution in [1.29, 1.82) is 0 Å². The van der Waals surface area contributed by atoms with Crippen LogP contribution in [0, 0.1) is 0 Å². The van der Waals surface area contributed by atoms with Gasteiger partial charge in [-0.25, -0.2) is 0 Å². The molecule has 4 heteroatoms. The zero-order valence-electron chi connectivity index (χ0n) is 14.3. The lowest BCUT2D eigenvalue weighted by molar-refractivity contribution is 0.554. The van der Waals surface area contributed by atoms with Crippen LogP contribution in [0.1, 0.15) is 19.4 Å². The van der Waals surface area contributed by atoms with Crippen molar-refractivity contribution in [2.24, 2.45) is 5.73 Å². The number of hydrogen-bond donors (Lipinski definition) is 2. The molecular weight excluding hydrogens is 308 g/mol. The Morgan fingerprint density at radius 1 is 0.880 bits per heavy atom. The van der Waals surface area contributed by atoms with E-state index in [0.717, 1.165) is 33.2 Å². The molecule has 0 amide bonds. The summed E-state index contributed by atoms with van der Waals surface area (Å²) in [5, 5.41) is 8.37. The molecule has 0 spiro atoms. The fourth-order valence-electron chi connectivity index (χ4n) is 3.17. The summed E-state index contributed by atoms with van der Waals surface area (Å²) in [6.07, 6.45) is 5.52. The van der Waals surface area contributed by atoms with Crippen molar-refractivity contribution in [1.82, 2.24) is 15.2 Å². The van der Waals surface area contributed by atoms with Crippen molar-refractivity contribution in [3.05, 3.63) is 72.7 Å². The number of rotatable bonds is 3. The van der Waals surface area contributed by atoms with Crippen molar-refractivity contribution in [2.75, 3.05) is 0 Å². The van der Waals surface area contributed by atoms with Crippen LogP contribution in [0.25, 0.3) is 33.2 Å². The Hall–Kier alpha value is -2.98. The molecule has 0 aliphatic carbocycles. The molecule has 0 unspecified atom stereocenters. The molecule has 3 N–H and O–H groups in total. The average Bonchev–Trinajstić information content (AvgIpc) is 3.09. The maximum absolute atomic E-state index is 6.21. The number of nitrogens with one attached hydrogen (secondary N) is 1. The Kier molecular flexibility index (Phi) is 3.62. The van der Waals surface area contributed by atoms with Crippen LogP contribution in [0.15, 0.2) is 67.1 Å². The second kappa shape index (κ2) is 5.83. The molecule has 2 aromatic heterocycles. The first-order chi connectivity index (χ1) is 12.0. The number of fused-ring (bicyclic) bond motifs is 1. The zero-order valence-corrected chi connectivity index (χ0v) is 14.3. The first-order valence-electron chi connectivity index (χ1n) is 8.30. The van der Waals surface area contributed by atoms with Crippen molar-refractivity contribution in [3.63, 3.8) is 0 Å². The second-order valence-corrected chi connectivity index (χ2v) is 6.85. The van der Waals surface area contributed by atoms with Gasteiger partial charge in [-0.15, -0.1) is 0 Å². The van der Waals surface area contributed by atoms with Gasteiger partial charge in [0.1, 0.15) is 0 Å². The second-order valence-electron chi connectivity index (χ2n) is 6.85. The van der Waals surface area contributed by atoms with Crippen LogP contribution in [0.2, 0.25) is 0 Å². The molecule has 0 saturated carbocycles. The highest BCUT2D eigenvalue weighted by atomic mass is 15.1. The van der Waals surface area contributed by atoms with Gasteiger partial charge in [-0.05, 0) is 54.3 Å². The van der Waals surface area contributed by atoms with Gasteiger partial charge in [-0.3, -0.25) is 10.1 Å². The molecule has 0 radical (unpaired) electrons. The molecule has 0 bridgehead atoms. The minimum atomic E-state index is -0.346. The Labute approximate surface area is 146 Å². The number of hydrogen-bond acceptors (Lipinski definition) is 3. The highest BCUT2D eigenvalue weighted by molar-refractivity contribution is 6.02. The van der Waals surface area contributed by atoms with Crippen LogP contribution in [-0.4, -0.2) is 15.2 Å². The minimum absolute atomic E-state index is 0.346. The summed E-state index contributed by atoms with van der Waals surface area (Å²) < 4.78 is 0. The minimum Gasteiger partial charge on any atom is -0.322 e. The zero-order chi connectivity index (χ0) is 17.4. The molecule has 0 atom stereocenters. The van der Waals surface area contributed by atoms with E-state index in [1.807, 2.05) is 44.6 Å². The van der Waals surface area contributed by atoms with E-state index in [1.165, 1.54) is 5.56 Å². The lowest BCUT2D eigenvalue weighted by Gasteiger charge is -2.20. The van der Waals surface area contributed by atoms with E-state index in [2.05, 4.69) is 51.6 Å². The monoisotopic (exact) mass is 328 g/mol. The molecule has 124 valence electrons. The highest BCUT2D eigenvalue weighted by Gasteiger charge is 2.16. The predicted molar refractivity (Wildman–Crippen MR) is 102 cm³/mol. The summed E-state index contributed by atoms with van der Waals surface area (Å²) >= 11 is 0. The van der Waals surface area contributed by atoms with Crippen molar-refractivity contribution in [2.45, 2.75) is 19.4 Å². The fourth-order valence-corrected chi connectivity index (χ4v) is 3.17. The molecule has 2 aromatic carbocycles. The lowest BCUT2D eigenvalue weighted by atomic mass is 9.89. The number of H-pyrrole nitrogens is 1. The molecule has 2 heterocycles. The largest absolute Gasteiger partial charge is 0.322 e. The first kappa shape index (κ1) is 15.5. The van der Waals surface area contributed by atoms with Crippen LogP contribution in [0.3, 0.4) is 0 Å². The molecular formula is C21H20N4. The van der Waals surface area contributed by atoms with Crippen molar-refractivity contribution >= 4 is 10.9 Å². The Morgan fingerprint density at radius 3 is 2.28 bits per heavy atom. The number of nitrogens with two attached hydrogens (primary N) is 1. The maximum atomic E-state index is 6.21. The fraction of sp³-hybridized carbons (Fsp3) is 0.143. The van der Waals surface area contributed by atoms with Gasteiger partial charge in [-0.2, -0.15) is 5.10 Å². The Balaban J connectivity index is 1.93. The van der Waals surface area contributed by atoms with Crippen LogP contribution in [-0.2, 0) is 5.54 Å². The smallest absolute Gasteiger partial charge is 0.0657 e. The van der Waals surface area contributed by atoms with Crippen molar-refractivity contribution < 1.29 is 0 Å². The standard InChI is InChI=1S/C21H20N4/c1-21(2,22)16-5-3-14(4-6-16)17-7-8-19-18(13-24-25-19)20(17)15-9-11-23-12-10-15/h3-13H,22H2,1-2H3,(H,24,25). The average molecular weight is 328 g/mol. The first-order valence-corrected chi connectivity index (χ1v) is 8.30. The van der Waals surface area contributed by atoms with Crippen molar-refractivity contribution in [3.8, 4) is 22.3 Å². The van der Waals surface area contributed by atoms with E-state index in [4.69, 9.17) is 5.73 Å². The van der Waals surface area contributed by atoms with Gasteiger partial charge in [0.05, 0.1) is 11.7 Å². The number of aromatic amines is 1. The Bertz CT molecular complexity index is 1010. The summed E-state index contributed by atoms with van der Waals surface area (Å²) in [5.74, 6) is 0. The molecule has 0 fully saturated rings. The van der Waals surface area contributed by atoms with Crippen LogP contribution in [0.4, 0.5) is 0 Å². The summed E-state index contributed by atoms with van der Waals surface area (Å²) in [5.41, 5.74) is 12.6. The number of nitrogens with zero attached hydrogens (tertiary/aromatic N) is 2. The molecule has 0 aliphatic rings. The third-order valence-electron chi connectivity index (χ3n) is 4.53. The number of aromatic nitrogens is 3. The highest BCUT2D eigenvalue weighted by Crippen LogP contribution is 2.37. The van der Waals surface area contributed by atoms with Gasteiger partial charge in [-0.1, -0.05) is 30.3 Å². The quantitative estimate of drug-likeness (QED) is 0.582.